The normalized spacial score (nSPS) is 15.4. The van der Waals surface area contributed by atoms with Crippen molar-refractivity contribution in [2.24, 2.45) is 0 Å². The Morgan fingerprint density at radius 1 is 1.09 bits per heavy atom. The Bertz CT molecular complexity index is 1340. The zero-order valence-corrected chi connectivity index (χ0v) is 17.8. The third-order valence-electron chi connectivity index (χ3n) is 5.35. The molecule has 1 aliphatic heterocycles. The molecule has 2 amide bonds. The van der Waals surface area contributed by atoms with Gasteiger partial charge in [0.25, 0.3) is 11.8 Å². The highest BCUT2D eigenvalue weighted by molar-refractivity contribution is 6.08. The quantitative estimate of drug-likeness (QED) is 0.521. The highest BCUT2D eigenvalue weighted by Crippen LogP contribution is 2.37. The molecule has 2 aromatic heterocycles. The minimum Gasteiger partial charge on any atom is -0.489 e. The number of amides is 2. The molecule has 3 heterocycles. The van der Waals surface area contributed by atoms with Crippen LogP contribution >= 0.6 is 0 Å². The number of nitrogens with zero attached hydrogens (tertiary/aromatic N) is 3. The predicted octanol–water partition coefficient (Wildman–Crippen LogP) is 3.58. The van der Waals surface area contributed by atoms with Gasteiger partial charge in [0.2, 0.25) is 0 Å². The summed E-state index contributed by atoms with van der Waals surface area (Å²) in [5, 5.41) is 3.56. The number of fused-ring (bicyclic) bond motifs is 3. The van der Waals surface area contributed by atoms with E-state index in [9.17, 15) is 9.59 Å². The Kier molecular flexibility index (Phi) is 5.32. The van der Waals surface area contributed by atoms with Crippen molar-refractivity contribution in [3.05, 3.63) is 84.8 Å². The van der Waals surface area contributed by atoms with Crippen molar-refractivity contribution in [1.82, 2.24) is 15.3 Å². The number of aromatic nitrogens is 2. The maximum Gasteiger partial charge on any atom is 0.253 e. The zero-order chi connectivity index (χ0) is 22.8. The number of para-hydroxylation sites is 1. The largest absolute Gasteiger partial charge is 0.489 e. The molecule has 1 atom stereocenters. The molecule has 0 saturated heterocycles. The van der Waals surface area contributed by atoms with Gasteiger partial charge in [-0.2, -0.15) is 0 Å². The molecule has 0 fully saturated rings. The number of anilines is 1. The third-order valence-corrected chi connectivity index (χ3v) is 5.35. The van der Waals surface area contributed by atoms with Crippen molar-refractivity contribution in [3.8, 4) is 17.2 Å². The summed E-state index contributed by atoms with van der Waals surface area (Å²) in [4.78, 5) is 36.1. The van der Waals surface area contributed by atoms with E-state index in [1.54, 1.807) is 37.5 Å². The Hall–Kier alpha value is -4.46. The van der Waals surface area contributed by atoms with Gasteiger partial charge >= 0.3 is 0 Å². The summed E-state index contributed by atoms with van der Waals surface area (Å²) in [7, 11) is 1.66. The van der Waals surface area contributed by atoms with E-state index in [1.807, 2.05) is 36.4 Å². The number of hydrogen-bond acceptors (Lipinski definition) is 6. The molecule has 8 nitrogen and oxygen atoms in total. The molecule has 0 spiro atoms. The summed E-state index contributed by atoms with van der Waals surface area (Å²) in [6, 6.07) is 17.2. The van der Waals surface area contributed by atoms with Crippen LogP contribution in [-0.4, -0.2) is 41.5 Å². The molecule has 0 aliphatic carbocycles. The van der Waals surface area contributed by atoms with Crippen LogP contribution < -0.4 is 19.7 Å². The standard InChI is InChI=1S/C25H20N4O4/c1-29-23-19-8-5-11-27-20(19)9-10-22(23)32-15-21(25(29)31)28-24(30)16-12-18(14-26-13-16)33-17-6-3-2-4-7-17/h2-14,21H,15H2,1H3,(H,28,30)/t21-/m0/s1. The first-order chi connectivity index (χ1) is 16.1. The number of pyridine rings is 2. The Morgan fingerprint density at radius 2 is 1.94 bits per heavy atom. The van der Waals surface area contributed by atoms with Crippen LogP contribution in [0.25, 0.3) is 10.9 Å². The van der Waals surface area contributed by atoms with Crippen molar-refractivity contribution in [3.63, 3.8) is 0 Å². The fourth-order valence-electron chi connectivity index (χ4n) is 3.74. The lowest BCUT2D eigenvalue weighted by Gasteiger charge is -2.21. The summed E-state index contributed by atoms with van der Waals surface area (Å²) in [5.74, 6) is 0.867. The highest BCUT2D eigenvalue weighted by Gasteiger charge is 2.32. The van der Waals surface area contributed by atoms with Gasteiger partial charge in [-0.15, -0.1) is 0 Å². The number of benzene rings is 2. The lowest BCUT2D eigenvalue weighted by atomic mass is 10.1. The predicted molar refractivity (Wildman–Crippen MR) is 123 cm³/mol. The van der Waals surface area contributed by atoms with Crippen LogP contribution in [0.4, 0.5) is 5.69 Å². The SMILES string of the molecule is CN1C(=O)[C@@H](NC(=O)c2cncc(Oc3ccccc3)c2)COc2ccc3ncccc3c21. The molecule has 0 radical (unpaired) electrons. The first-order valence-electron chi connectivity index (χ1n) is 10.4. The van der Waals surface area contributed by atoms with E-state index < -0.39 is 11.9 Å². The number of rotatable bonds is 4. The van der Waals surface area contributed by atoms with E-state index in [4.69, 9.17) is 9.47 Å². The first-order valence-corrected chi connectivity index (χ1v) is 10.4. The van der Waals surface area contributed by atoms with E-state index >= 15 is 0 Å². The molecule has 1 N–H and O–H groups in total. The first kappa shape index (κ1) is 20.4. The van der Waals surface area contributed by atoms with Crippen molar-refractivity contribution in [1.29, 1.82) is 0 Å². The molecule has 0 bridgehead atoms. The van der Waals surface area contributed by atoms with Crippen molar-refractivity contribution >= 4 is 28.4 Å². The third kappa shape index (κ3) is 4.06. The average Bonchev–Trinajstić information content (AvgIpc) is 2.97. The molecule has 4 aromatic rings. The number of carbonyl (C=O) groups excluding carboxylic acids is 2. The van der Waals surface area contributed by atoms with Crippen molar-refractivity contribution in [2.45, 2.75) is 6.04 Å². The molecular weight excluding hydrogens is 420 g/mol. The fraction of sp³-hybridized carbons (Fsp3) is 0.120. The Balaban J connectivity index is 1.36. The van der Waals surface area contributed by atoms with Gasteiger partial charge in [0.05, 0.1) is 23.0 Å². The molecule has 33 heavy (non-hydrogen) atoms. The molecule has 1 aliphatic rings. The maximum atomic E-state index is 13.2. The molecule has 2 aromatic carbocycles. The van der Waals surface area contributed by atoms with Gasteiger partial charge in [0.1, 0.15) is 29.9 Å². The maximum absolute atomic E-state index is 13.2. The summed E-state index contributed by atoms with van der Waals surface area (Å²) in [6.07, 6.45) is 4.64. The van der Waals surface area contributed by atoms with Crippen LogP contribution in [0.15, 0.2) is 79.3 Å². The van der Waals surface area contributed by atoms with E-state index in [-0.39, 0.29) is 18.1 Å². The summed E-state index contributed by atoms with van der Waals surface area (Å²) < 4.78 is 11.7. The van der Waals surface area contributed by atoms with Crippen LogP contribution in [-0.2, 0) is 4.79 Å². The van der Waals surface area contributed by atoms with Gasteiger partial charge in [-0.1, -0.05) is 18.2 Å². The number of ether oxygens (including phenoxy) is 2. The molecule has 5 rings (SSSR count). The topological polar surface area (TPSA) is 93.7 Å². The van der Waals surface area contributed by atoms with E-state index in [2.05, 4.69) is 15.3 Å². The second-order valence-corrected chi connectivity index (χ2v) is 7.54. The average molecular weight is 440 g/mol. The van der Waals surface area contributed by atoms with Gasteiger partial charge in [0.15, 0.2) is 0 Å². The minimum absolute atomic E-state index is 0.00131. The van der Waals surface area contributed by atoms with Crippen LogP contribution in [0, 0.1) is 0 Å². The van der Waals surface area contributed by atoms with E-state index in [1.165, 1.54) is 17.3 Å². The lowest BCUT2D eigenvalue weighted by Crippen LogP contribution is -2.49. The van der Waals surface area contributed by atoms with Crippen LogP contribution in [0.3, 0.4) is 0 Å². The smallest absolute Gasteiger partial charge is 0.253 e. The van der Waals surface area contributed by atoms with E-state index in [0.29, 0.717) is 22.9 Å². The zero-order valence-electron chi connectivity index (χ0n) is 17.8. The van der Waals surface area contributed by atoms with Gasteiger partial charge in [-0.25, -0.2) is 0 Å². The van der Waals surface area contributed by atoms with Crippen molar-refractivity contribution < 1.29 is 19.1 Å². The second-order valence-electron chi connectivity index (χ2n) is 7.54. The highest BCUT2D eigenvalue weighted by atomic mass is 16.5. The van der Waals surface area contributed by atoms with Gasteiger partial charge in [0, 0.05) is 24.8 Å². The molecular formula is C25H20N4O4. The summed E-state index contributed by atoms with van der Waals surface area (Å²) in [6.45, 7) is 0.00131. The van der Waals surface area contributed by atoms with Crippen LogP contribution in [0.1, 0.15) is 10.4 Å². The molecule has 0 unspecified atom stereocenters. The number of nitrogens with one attached hydrogen (secondary N) is 1. The van der Waals surface area contributed by atoms with Gasteiger partial charge < -0.3 is 19.7 Å². The number of carbonyl (C=O) groups is 2. The van der Waals surface area contributed by atoms with Crippen molar-refractivity contribution in [2.75, 3.05) is 18.6 Å². The van der Waals surface area contributed by atoms with E-state index in [0.717, 1.165) is 10.9 Å². The lowest BCUT2D eigenvalue weighted by molar-refractivity contribution is -0.120. The van der Waals surface area contributed by atoms with Crippen LogP contribution in [0.5, 0.6) is 17.2 Å². The number of likely N-dealkylation sites (N-methyl/N-ethyl adjacent to an activating group) is 1. The Labute approximate surface area is 189 Å². The minimum atomic E-state index is -0.875. The van der Waals surface area contributed by atoms with Crippen LogP contribution in [0.2, 0.25) is 0 Å². The molecule has 8 heteroatoms. The fourth-order valence-corrected chi connectivity index (χ4v) is 3.74. The Morgan fingerprint density at radius 3 is 2.79 bits per heavy atom. The second kappa shape index (κ2) is 8.58. The number of hydrogen-bond donors (Lipinski definition) is 1. The monoisotopic (exact) mass is 440 g/mol. The van der Waals surface area contributed by atoms with Gasteiger partial charge in [-0.05, 0) is 42.5 Å². The molecule has 0 saturated carbocycles. The summed E-state index contributed by atoms with van der Waals surface area (Å²) >= 11 is 0. The molecule has 164 valence electrons. The summed E-state index contributed by atoms with van der Waals surface area (Å²) in [5.41, 5.74) is 1.65. The van der Waals surface area contributed by atoms with Gasteiger partial charge in [-0.3, -0.25) is 19.6 Å².